The summed E-state index contributed by atoms with van der Waals surface area (Å²) in [5.41, 5.74) is 3.34. The Balaban J connectivity index is 1.89. The maximum absolute atomic E-state index is 14.0. The van der Waals surface area contributed by atoms with Crippen LogP contribution in [-0.2, 0) is 16.6 Å². The number of benzene rings is 2. The molecule has 0 radical (unpaired) electrons. The predicted molar refractivity (Wildman–Crippen MR) is 151 cm³/mol. The van der Waals surface area contributed by atoms with Crippen molar-refractivity contribution in [3.63, 3.8) is 0 Å². The second-order valence-corrected chi connectivity index (χ2v) is 11.6. The minimum atomic E-state index is -4.01. The zero-order valence-corrected chi connectivity index (χ0v) is 23.6. The first-order chi connectivity index (χ1) is 17.3. The molecule has 0 saturated carbocycles. The number of halogens is 2. The summed E-state index contributed by atoms with van der Waals surface area (Å²) in [6, 6.07) is 14.0. The van der Waals surface area contributed by atoms with Gasteiger partial charge in [-0.2, -0.15) is 0 Å². The molecule has 0 aliphatic carbocycles. The average molecular weight is 636 g/mol. The average Bonchev–Trinajstić information content (AvgIpc) is 3.43. The zero-order valence-electron chi connectivity index (χ0n) is 19.8. The number of fused-ring (bicyclic) bond motifs is 2. The number of methoxy groups -OCH3 is 2. The summed E-state index contributed by atoms with van der Waals surface area (Å²) in [4.78, 5) is 4.60. The normalized spacial score (nSPS) is 11.9. The minimum absolute atomic E-state index is 0.170. The predicted octanol–water partition coefficient (Wildman–Crippen LogP) is 6.31. The first-order valence-corrected chi connectivity index (χ1v) is 14.4. The van der Waals surface area contributed by atoms with Gasteiger partial charge in [0.05, 0.1) is 35.3 Å². The number of aryl methyl sites for hydroxylation is 2. The number of ether oxygens (including phenoxy) is 2. The molecule has 5 aromatic rings. The molecule has 0 saturated heterocycles. The van der Waals surface area contributed by atoms with E-state index in [4.69, 9.17) is 21.1 Å². The number of hydrogen-bond donors (Lipinski definition) is 0. The van der Waals surface area contributed by atoms with E-state index in [1.807, 2.05) is 25.3 Å². The molecule has 0 N–H and O–H groups in total. The lowest BCUT2D eigenvalue weighted by Gasteiger charge is -2.12. The molecule has 0 unspecified atom stereocenters. The Morgan fingerprint density at radius 2 is 1.69 bits per heavy atom. The molecule has 0 amide bonds. The van der Waals surface area contributed by atoms with Gasteiger partial charge < -0.3 is 14.0 Å². The molecule has 3 heterocycles. The van der Waals surface area contributed by atoms with Crippen molar-refractivity contribution in [2.75, 3.05) is 18.6 Å². The molecular formula is C26H23ClIN3O4S. The molecule has 0 spiro atoms. The lowest BCUT2D eigenvalue weighted by atomic mass is 10.1. The van der Waals surface area contributed by atoms with Gasteiger partial charge in [-0.25, -0.2) is 17.4 Å². The second-order valence-electron chi connectivity index (χ2n) is 8.29. The third-order valence-corrected chi connectivity index (χ3v) is 8.69. The Morgan fingerprint density at radius 1 is 1.00 bits per heavy atom. The van der Waals surface area contributed by atoms with Crippen LogP contribution in [0.25, 0.3) is 33.2 Å². The Labute approximate surface area is 227 Å². The molecule has 7 nitrogen and oxygen atoms in total. The van der Waals surface area contributed by atoms with Crippen LogP contribution in [0.4, 0.5) is 0 Å². The molecule has 0 bridgehead atoms. The van der Waals surface area contributed by atoms with Gasteiger partial charge in [-0.3, -0.25) is 0 Å². The van der Waals surface area contributed by atoms with Gasteiger partial charge in [0, 0.05) is 45.8 Å². The summed E-state index contributed by atoms with van der Waals surface area (Å²) in [6.45, 7) is 2.65. The van der Waals surface area contributed by atoms with E-state index in [0.717, 1.165) is 33.0 Å². The summed E-state index contributed by atoms with van der Waals surface area (Å²) in [5, 5.41) is 1.81. The van der Waals surface area contributed by atoms with Crippen LogP contribution < -0.4 is 9.47 Å². The van der Waals surface area contributed by atoms with E-state index in [-0.39, 0.29) is 10.5 Å². The first kappa shape index (κ1) is 24.9. The number of nitrogens with zero attached hydrogens (tertiary/aromatic N) is 3. The quantitative estimate of drug-likeness (QED) is 0.155. The van der Waals surface area contributed by atoms with E-state index < -0.39 is 10.0 Å². The lowest BCUT2D eigenvalue weighted by Crippen LogP contribution is -2.14. The second kappa shape index (κ2) is 9.60. The summed E-state index contributed by atoms with van der Waals surface area (Å²) >= 11 is 8.84. The summed E-state index contributed by atoms with van der Waals surface area (Å²) < 4.78 is 43.4. The van der Waals surface area contributed by atoms with Gasteiger partial charge >= 0.3 is 0 Å². The molecule has 0 fully saturated rings. The van der Waals surface area contributed by atoms with Crippen molar-refractivity contribution in [2.24, 2.45) is 0 Å². The third kappa shape index (κ3) is 4.03. The van der Waals surface area contributed by atoms with Gasteiger partial charge in [0.2, 0.25) is 0 Å². The summed E-state index contributed by atoms with van der Waals surface area (Å²) in [6.07, 6.45) is 3.48. The van der Waals surface area contributed by atoms with Crippen LogP contribution in [0.3, 0.4) is 0 Å². The van der Waals surface area contributed by atoms with Crippen LogP contribution in [0.5, 0.6) is 11.5 Å². The number of hydrogen-bond acceptors (Lipinski definition) is 5. The number of pyridine rings is 1. The zero-order chi connectivity index (χ0) is 25.6. The smallest absolute Gasteiger partial charge is 0.269 e. The highest BCUT2D eigenvalue weighted by Crippen LogP contribution is 2.41. The highest BCUT2D eigenvalue weighted by atomic mass is 127. The number of aromatic nitrogens is 3. The van der Waals surface area contributed by atoms with Crippen molar-refractivity contribution in [3.8, 4) is 22.8 Å². The van der Waals surface area contributed by atoms with Crippen LogP contribution in [0, 0.1) is 6.92 Å². The summed E-state index contributed by atoms with van der Waals surface area (Å²) in [7, 11) is -0.836. The van der Waals surface area contributed by atoms with E-state index in [1.165, 1.54) is 10.2 Å². The molecule has 0 atom stereocenters. The largest absolute Gasteiger partial charge is 0.493 e. The fraction of sp³-hybridized carbons (Fsp3) is 0.192. The molecule has 2 aromatic carbocycles. The van der Waals surface area contributed by atoms with Crippen molar-refractivity contribution < 1.29 is 17.9 Å². The molecular weight excluding hydrogens is 613 g/mol. The van der Waals surface area contributed by atoms with Crippen LogP contribution in [0.2, 0.25) is 5.02 Å². The highest BCUT2D eigenvalue weighted by Gasteiger charge is 2.28. The van der Waals surface area contributed by atoms with Crippen LogP contribution >= 0.6 is 34.2 Å². The van der Waals surface area contributed by atoms with Gasteiger partial charge in [0.25, 0.3) is 10.0 Å². The molecule has 5 rings (SSSR count). The Kier molecular flexibility index (Phi) is 6.65. The van der Waals surface area contributed by atoms with Crippen LogP contribution in [-0.4, -0.2) is 40.6 Å². The standard InChI is InChI=1S/C26H23ClIN3O4S/c1-16-4-6-17(7-5-16)36(32,33)31-23(12-19-21(27)8-10-29-26(19)31)20-15-30(11-9-28)22-14-25(35-3)24(34-2)13-18(20)22/h4-8,10,12-15H,9,11H2,1-3H3. The van der Waals surface area contributed by atoms with Crippen molar-refractivity contribution in [3.05, 3.63) is 71.5 Å². The van der Waals surface area contributed by atoms with Crippen molar-refractivity contribution in [1.29, 1.82) is 0 Å². The molecule has 186 valence electrons. The number of alkyl halides is 1. The maximum atomic E-state index is 14.0. The highest BCUT2D eigenvalue weighted by molar-refractivity contribution is 14.1. The van der Waals surface area contributed by atoms with Gasteiger partial charge in [-0.15, -0.1) is 0 Å². The van der Waals surface area contributed by atoms with E-state index in [2.05, 4.69) is 32.1 Å². The van der Waals surface area contributed by atoms with Crippen molar-refractivity contribution in [2.45, 2.75) is 18.4 Å². The van der Waals surface area contributed by atoms with Crippen LogP contribution in [0.1, 0.15) is 5.56 Å². The SMILES string of the molecule is COc1cc2c(-c3cc4c(Cl)ccnc4n3S(=O)(=O)c3ccc(C)cc3)cn(CCI)c2cc1OC. The van der Waals surface area contributed by atoms with Crippen molar-refractivity contribution >= 4 is 66.2 Å². The van der Waals surface area contributed by atoms with Gasteiger partial charge in [-0.05, 0) is 37.3 Å². The molecule has 0 aliphatic rings. The Bertz CT molecular complexity index is 1710. The van der Waals surface area contributed by atoms with Crippen molar-refractivity contribution in [1.82, 2.24) is 13.5 Å². The van der Waals surface area contributed by atoms with Gasteiger partial charge in [0.15, 0.2) is 17.1 Å². The van der Waals surface area contributed by atoms with E-state index in [0.29, 0.717) is 27.6 Å². The molecule has 0 aliphatic heterocycles. The fourth-order valence-corrected chi connectivity index (χ4v) is 6.58. The lowest BCUT2D eigenvalue weighted by molar-refractivity contribution is 0.355. The van der Waals surface area contributed by atoms with E-state index in [9.17, 15) is 8.42 Å². The minimum Gasteiger partial charge on any atom is -0.493 e. The fourth-order valence-electron chi connectivity index (χ4n) is 4.39. The molecule has 10 heteroatoms. The Morgan fingerprint density at radius 3 is 2.36 bits per heavy atom. The van der Waals surface area contributed by atoms with Crippen LogP contribution in [0.15, 0.2) is 65.8 Å². The van der Waals surface area contributed by atoms with Gasteiger partial charge in [-0.1, -0.05) is 51.9 Å². The Hall–Kier alpha value is -2.76. The summed E-state index contributed by atoms with van der Waals surface area (Å²) in [5.74, 6) is 1.15. The van der Waals surface area contributed by atoms with E-state index in [1.54, 1.807) is 50.6 Å². The number of rotatable bonds is 7. The monoisotopic (exact) mass is 635 g/mol. The van der Waals surface area contributed by atoms with E-state index >= 15 is 0 Å². The van der Waals surface area contributed by atoms with Gasteiger partial charge in [0.1, 0.15) is 0 Å². The molecule has 36 heavy (non-hydrogen) atoms. The third-order valence-electron chi connectivity index (χ3n) is 6.16. The molecule has 3 aromatic heterocycles. The maximum Gasteiger partial charge on any atom is 0.269 e. The first-order valence-electron chi connectivity index (χ1n) is 11.1. The topological polar surface area (TPSA) is 75.4 Å².